The van der Waals surface area contributed by atoms with Crippen molar-refractivity contribution in [2.24, 2.45) is 16.7 Å². The number of ether oxygens (including phenoxy) is 1. The number of fused-ring (bicyclic) bond motifs is 5. The number of carbonyl (C=O) groups is 1. The van der Waals surface area contributed by atoms with Crippen molar-refractivity contribution in [1.29, 1.82) is 0 Å². The molecule has 3 saturated carbocycles. The van der Waals surface area contributed by atoms with Crippen LogP contribution in [-0.2, 0) is 4.74 Å². The molecule has 7 heteroatoms. The first-order valence-electron chi connectivity index (χ1n) is 12.8. The summed E-state index contributed by atoms with van der Waals surface area (Å²) in [4.78, 5) is 12.8. The lowest BCUT2D eigenvalue weighted by molar-refractivity contribution is -0.325. The van der Waals surface area contributed by atoms with Crippen LogP contribution in [0.15, 0.2) is 42.0 Å². The zero-order valence-electron chi connectivity index (χ0n) is 20.8. The molecule has 192 valence electrons. The van der Waals surface area contributed by atoms with Gasteiger partial charge in [-0.1, -0.05) is 43.7 Å². The summed E-state index contributed by atoms with van der Waals surface area (Å²) in [5, 5.41) is 58.4. The molecule has 0 heterocycles. The van der Waals surface area contributed by atoms with Crippen LogP contribution in [-0.4, -0.2) is 66.6 Å². The molecule has 0 unspecified atom stereocenters. The molecular weight excluding hydrogens is 448 g/mol. The molecule has 0 spiro atoms. The Bertz CT molecular complexity index is 1040. The number of benzene rings is 1. The van der Waals surface area contributed by atoms with E-state index >= 15 is 0 Å². The van der Waals surface area contributed by atoms with E-state index < -0.39 is 57.8 Å². The van der Waals surface area contributed by atoms with Gasteiger partial charge in [-0.25, -0.2) is 4.79 Å². The third kappa shape index (κ3) is 3.05. The molecule has 0 radical (unpaired) electrons. The van der Waals surface area contributed by atoms with Crippen LogP contribution in [0.1, 0.15) is 76.1 Å². The lowest BCUT2D eigenvalue weighted by Crippen LogP contribution is -2.78. The van der Waals surface area contributed by atoms with E-state index in [1.54, 1.807) is 44.2 Å². The van der Waals surface area contributed by atoms with Crippen molar-refractivity contribution in [3.05, 3.63) is 47.5 Å². The van der Waals surface area contributed by atoms with Gasteiger partial charge < -0.3 is 30.3 Å². The van der Waals surface area contributed by atoms with Crippen molar-refractivity contribution < 1.29 is 35.1 Å². The van der Waals surface area contributed by atoms with Gasteiger partial charge in [0.15, 0.2) is 0 Å². The van der Waals surface area contributed by atoms with Crippen molar-refractivity contribution in [2.75, 3.05) is 0 Å². The summed E-state index contributed by atoms with van der Waals surface area (Å²) in [7, 11) is 0. The number of hydrogen-bond donors (Lipinski definition) is 5. The van der Waals surface area contributed by atoms with Gasteiger partial charge >= 0.3 is 5.97 Å². The molecule has 0 saturated heterocycles. The first-order valence-corrected chi connectivity index (χ1v) is 12.8. The van der Waals surface area contributed by atoms with Gasteiger partial charge in [-0.15, -0.1) is 0 Å². The Hall–Kier alpha value is -1.77. The fourth-order valence-corrected chi connectivity index (χ4v) is 8.25. The number of hydrogen-bond acceptors (Lipinski definition) is 7. The van der Waals surface area contributed by atoms with Crippen molar-refractivity contribution >= 4 is 5.97 Å². The molecule has 1 aromatic rings. The minimum Gasteiger partial charge on any atom is -0.456 e. The average molecular weight is 487 g/mol. The molecular formula is C28H38O7. The SMILES string of the molecule is C[C@H](OC(=O)c1ccccc1)[C@]1(O)CC[C@@]2(O)[C@]1(C)[C@H](O)C[C@@H]1[C@@]3(C)CC[C@H](O)CC3=CC[C@]12O. The molecule has 5 N–H and O–H groups in total. The Morgan fingerprint density at radius 1 is 1.06 bits per heavy atom. The van der Waals surface area contributed by atoms with Gasteiger partial charge in [0.1, 0.15) is 22.9 Å². The number of esters is 1. The Balaban J connectivity index is 1.51. The Morgan fingerprint density at radius 2 is 1.74 bits per heavy atom. The van der Waals surface area contributed by atoms with Gasteiger partial charge in [0.05, 0.1) is 23.2 Å². The van der Waals surface area contributed by atoms with Crippen LogP contribution < -0.4 is 0 Å². The molecule has 0 aromatic heterocycles. The molecule has 0 amide bonds. The largest absolute Gasteiger partial charge is 0.456 e. The first kappa shape index (κ1) is 24.9. The second-order valence-corrected chi connectivity index (χ2v) is 11.9. The lowest BCUT2D eigenvalue weighted by atomic mass is 9.42. The average Bonchev–Trinajstić information content (AvgIpc) is 3.06. The van der Waals surface area contributed by atoms with E-state index in [1.807, 2.05) is 6.08 Å². The van der Waals surface area contributed by atoms with Gasteiger partial charge in [0, 0.05) is 5.92 Å². The van der Waals surface area contributed by atoms with Gasteiger partial charge in [-0.05, 0) is 69.4 Å². The van der Waals surface area contributed by atoms with E-state index in [0.717, 1.165) is 5.57 Å². The maximum absolute atomic E-state index is 12.8. The van der Waals surface area contributed by atoms with Crippen LogP contribution in [0.25, 0.3) is 0 Å². The second kappa shape index (κ2) is 7.86. The van der Waals surface area contributed by atoms with E-state index in [2.05, 4.69) is 6.92 Å². The minimum absolute atomic E-state index is 0.0686. The van der Waals surface area contributed by atoms with Crippen molar-refractivity contribution in [2.45, 2.75) is 101 Å². The predicted molar refractivity (Wildman–Crippen MR) is 128 cm³/mol. The zero-order valence-corrected chi connectivity index (χ0v) is 20.8. The summed E-state index contributed by atoms with van der Waals surface area (Å²) in [5.41, 5.74) is -5.69. The van der Waals surface area contributed by atoms with Crippen LogP contribution in [0.4, 0.5) is 0 Å². The van der Waals surface area contributed by atoms with Gasteiger partial charge in [-0.3, -0.25) is 0 Å². The van der Waals surface area contributed by atoms with Crippen LogP contribution >= 0.6 is 0 Å². The lowest BCUT2D eigenvalue weighted by Gasteiger charge is -2.67. The molecule has 7 nitrogen and oxygen atoms in total. The molecule has 1 aromatic carbocycles. The topological polar surface area (TPSA) is 127 Å². The quantitative estimate of drug-likeness (QED) is 0.328. The molecule has 0 aliphatic heterocycles. The summed E-state index contributed by atoms with van der Waals surface area (Å²) in [6.07, 6.45) is 1.68. The number of rotatable bonds is 3. The summed E-state index contributed by atoms with van der Waals surface area (Å²) >= 11 is 0. The van der Waals surface area contributed by atoms with Crippen molar-refractivity contribution in [3.63, 3.8) is 0 Å². The fourth-order valence-electron chi connectivity index (χ4n) is 8.25. The maximum atomic E-state index is 12.8. The highest BCUT2D eigenvalue weighted by molar-refractivity contribution is 5.89. The molecule has 9 atom stereocenters. The van der Waals surface area contributed by atoms with E-state index in [4.69, 9.17) is 4.74 Å². The first-order chi connectivity index (χ1) is 16.3. The van der Waals surface area contributed by atoms with Crippen LogP contribution in [0, 0.1) is 16.7 Å². The highest BCUT2D eigenvalue weighted by Gasteiger charge is 2.80. The standard InChI is InChI=1S/C28H38O7/c1-17(35-23(31)18-7-5-4-6-8-18)26(32)13-14-28(34)25(26,3)22(30)16-21-24(2)11-10-20(29)15-19(24)9-12-27(21,28)33/h4-9,17,20-22,29-30,32-34H,10-16H2,1-3H3/t17-,20-,21+,22+,24-,25+,26+,27-,28+/m0/s1. The van der Waals surface area contributed by atoms with Crippen molar-refractivity contribution in [1.82, 2.24) is 0 Å². The third-order valence-corrected chi connectivity index (χ3v) is 10.6. The van der Waals surface area contributed by atoms with E-state index in [1.165, 1.54) is 0 Å². The summed E-state index contributed by atoms with van der Waals surface area (Å²) in [6, 6.07) is 8.49. The second-order valence-electron chi connectivity index (χ2n) is 11.9. The Kier molecular flexibility index (Phi) is 5.59. The Morgan fingerprint density at radius 3 is 2.43 bits per heavy atom. The molecule has 5 rings (SSSR count). The summed E-state index contributed by atoms with van der Waals surface area (Å²) in [6.45, 7) is 5.27. The van der Waals surface area contributed by atoms with Crippen LogP contribution in [0.2, 0.25) is 0 Å². The predicted octanol–water partition coefficient (Wildman–Crippen LogP) is 2.49. The van der Waals surface area contributed by atoms with Gasteiger partial charge in [0.2, 0.25) is 0 Å². The molecule has 3 fully saturated rings. The normalized spacial score (nSPS) is 47.7. The Labute approximate surface area is 206 Å². The summed E-state index contributed by atoms with van der Waals surface area (Å²) < 4.78 is 5.68. The highest BCUT2D eigenvalue weighted by atomic mass is 16.6. The molecule has 35 heavy (non-hydrogen) atoms. The number of aliphatic hydroxyl groups excluding tert-OH is 2. The molecule has 0 bridgehead atoms. The fraction of sp³-hybridized carbons (Fsp3) is 0.679. The number of carbonyl (C=O) groups excluding carboxylic acids is 1. The van der Waals surface area contributed by atoms with E-state index in [9.17, 15) is 30.3 Å². The minimum atomic E-state index is -1.80. The van der Waals surface area contributed by atoms with Gasteiger partial charge in [-0.2, -0.15) is 0 Å². The molecule has 4 aliphatic carbocycles. The van der Waals surface area contributed by atoms with Crippen LogP contribution in [0.3, 0.4) is 0 Å². The van der Waals surface area contributed by atoms with Crippen LogP contribution in [0.5, 0.6) is 0 Å². The zero-order chi connectivity index (χ0) is 25.4. The maximum Gasteiger partial charge on any atom is 0.338 e. The van der Waals surface area contributed by atoms with E-state index in [-0.39, 0.29) is 25.7 Å². The third-order valence-electron chi connectivity index (χ3n) is 10.6. The van der Waals surface area contributed by atoms with Crippen molar-refractivity contribution in [3.8, 4) is 0 Å². The summed E-state index contributed by atoms with van der Waals surface area (Å²) in [5.74, 6) is -1.02. The molecule has 4 aliphatic rings. The smallest absolute Gasteiger partial charge is 0.338 e. The monoisotopic (exact) mass is 486 g/mol. The van der Waals surface area contributed by atoms with E-state index in [0.29, 0.717) is 24.8 Å². The highest BCUT2D eigenvalue weighted by Crippen LogP contribution is 2.70. The van der Waals surface area contributed by atoms with Gasteiger partial charge in [0.25, 0.3) is 0 Å². The number of aliphatic hydroxyl groups is 5.